The molecule has 0 aromatic heterocycles. The van der Waals surface area contributed by atoms with Crippen LogP contribution < -0.4 is 0 Å². The first-order valence-electron chi connectivity index (χ1n) is 4.63. The van der Waals surface area contributed by atoms with Gasteiger partial charge in [0.15, 0.2) is 5.60 Å². The summed E-state index contributed by atoms with van der Waals surface area (Å²) in [6, 6.07) is 0. The van der Waals surface area contributed by atoms with Crippen molar-refractivity contribution in [1.82, 2.24) is 0 Å². The van der Waals surface area contributed by atoms with Gasteiger partial charge in [-0.25, -0.2) is 4.79 Å². The highest BCUT2D eigenvalue weighted by atomic mass is 16.4. The van der Waals surface area contributed by atoms with E-state index in [-0.39, 0.29) is 6.42 Å². The van der Waals surface area contributed by atoms with E-state index >= 15 is 0 Å². The molecule has 0 bridgehead atoms. The Morgan fingerprint density at radius 3 is 2.31 bits per heavy atom. The average Bonchev–Trinajstić information content (AvgIpc) is 2.12. The molecule has 0 fully saturated rings. The van der Waals surface area contributed by atoms with Gasteiger partial charge in [-0.2, -0.15) is 0 Å². The number of unbranched alkanes of at least 4 members (excludes halogenated alkanes) is 3. The maximum absolute atomic E-state index is 10.5. The van der Waals surface area contributed by atoms with Crippen LogP contribution in [0, 0.1) is 0 Å². The van der Waals surface area contributed by atoms with Crippen LogP contribution in [0.1, 0.15) is 39.0 Å². The van der Waals surface area contributed by atoms with Crippen LogP contribution in [0.4, 0.5) is 0 Å². The predicted octanol–water partition coefficient (Wildman–Crippen LogP) is 0.765. The minimum absolute atomic E-state index is 0.124. The molecule has 13 heavy (non-hydrogen) atoms. The summed E-state index contributed by atoms with van der Waals surface area (Å²) in [5.74, 6) is -1.34. The van der Waals surface area contributed by atoms with Crippen molar-refractivity contribution in [3.63, 3.8) is 0 Å². The van der Waals surface area contributed by atoms with E-state index < -0.39 is 18.2 Å². The van der Waals surface area contributed by atoms with Crippen LogP contribution in [0.5, 0.6) is 0 Å². The van der Waals surface area contributed by atoms with Crippen LogP contribution in [0.15, 0.2) is 0 Å². The lowest BCUT2D eigenvalue weighted by Crippen LogP contribution is -2.42. The maximum atomic E-state index is 10.5. The summed E-state index contributed by atoms with van der Waals surface area (Å²) in [7, 11) is 0. The Morgan fingerprint density at radius 2 is 1.92 bits per heavy atom. The van der Waals surface area contributed by atoms with Crippen molar-refractivity contribution in [2.75, 3.05) is 6.61 Å². The molecule has 0 radical (unpaired) electrons. The molecule has 0 aliphatic carbocycles. The van der Waals surface area contributed by atoms with Crippen LogP contribution >= 0.6 is 0 Å². The molecular formula is C9H18O4. The molecule has 0 heterocycles. The zero-order valence-corrected chi connectivity index (χ0v) is 7.99. The summed E-state index contributed by atoms with van der Waals surface area (Å²) >= 11 is 0. The van der Waals surface area contributed by atoms with Gasteiger partial charge in [0.2, 0.25) is 0 Å². The fraction of sp³-hybridized carbons (Fsp3) is 0.889. The highest BCUT2D eigenvalue weighted by Gasteiger charge is 2.34. The van der Waals surface area contributed by atoms with Gasteiger partial charge in [0.05, 0.1) is 6.61 Å². The van der Waals surface area contributed by atoms with Crippen molar-refractivity contribution in [3.05, 3.63) is 0 Å². The molecule has 1 atom stereocenters. The van der Waals surface area contributed by atoms with Gasteiger partial charge in [-0.15, -0.1) is 0 Å². The molecular weight excluding hydrogens is 172 g/mol. The molecule has 3 N–H and O–H groups in total. The van der Waals surface area contributed by atoms with Crippen molar-refractivity contribution in [2.45, 2.75) is 44.6 Å². The third kappa shape index (κ3) is 4.24. The van der Waals surface area contributed by atoms with E-state index in [9.17, 15) is 9.90 Å². The van der Waals surface area contributed by atoms with E-state index in [1.165, 1.54) is 0 Å². The second-order valence-corrected chi connectivity index (χ2v) is 3.31. The fourth-order valence-corrected chi connectivity index (χ4v) is 1.10. The van der Waals surface area contributed by atoms with Crippen LogP contribution in [-0.4, -0.2) is 33.5 Å². The van der Waals surface area contributed by atoms with Gasteiger partial charge in [-0.05, 0) is 12.8 Å². The van der Waals surface area contributed by atoms with Gasteiger partial charge in [-0.3, -0.25) is 0 Å². The SMILES string of the molecule is CCCCCCC(O)(CO)C(=O)O. The number of hydrogen-bond acceptors (Lipinski definition) is 3. The van der Waals surface area contributed by atoms with Gasteiger partial charge in [0, 0.05) is 0 Å². The minimum Gasteiger partial charge on any atom is -0.479 e. The van der Waals surface area contributed by atoms with Gasteiger partial charge in [0.1, 0.15) is 0 Å². The number of hydrogen-bond donors (Lipinski definition) is 3. The van der Waals surface area contributed by atoms with Crippen LogP contribution in [-0.2, 0) is 4.79 Å². The zero-order valence-electron chi connectivity index (χ0n) is 7.99. The first-order chi connectivity index (χ1) is 6.06. The molecule has 78 valence electrons. The summed E-state index contributed by atoms with van der Waals surface area (Å²) in [6.45, 7) is 1.34. The Balaban J connectivity index is 3.78. The van der Waals surface area contributed by atoms with Gasteiger partial charge < -0.3 is 15.3 Å². The fourth-order valence-electron chi connectivity index (χ4n) is 1.10. The molecule has 0 rings (SSSR count). The van der Waals surface area contributed by atoms with E-state index in [4.69, 9.17) is 10.2 Å². The number of aliphatic hydroxyl groups excluding tert-OH is 1. The number of carboxylic acid groups (broad SMARTS) is 1. The lowest BCUT2D eigenvalue weighted by Gasteiger charge is -2.20. The number of aliphatic carboxylic acids is 1. The third-order valence-corrected chi connectivity index (χ3v) is 2.10. The standard InChI is InChI=1S/C9H18O4/c1-2-3-4-5-6-9(13,7-10)8(11)12/h10,13H,2-7H2,1H3,(H,11,12). The molecule has 0 aliphatic rings. The molecule has 4 heteroatoms. The smallest absolute Gasteiger partial charge is 0.338 e. The predicted molar refractivity (Wildman–Crippen MR) is 48.4 cm³/mol. The zero-order chi connectivity index (χ0) is 10.3. The Kier molecular flexibility index (Phi) is 5.66. The van der Waals surface area contributed by atoms with E-state index in [2.05, 4.69) is 6.92 Å². The maximum Gasteiger partial charge on any atom is 0.338 e. The van der Waals surface area contributed by atoms with E-state index in [0.717, 1.165) is 19.3 Å². The molecule has 1 unspecified atom stereocenters. The average molecular weight is 190 g/mol. The van der Waals surface area contributed by atoms with Crippen molar-refractivity contribution in [3.8, 4) is 0 Å². The van der Waals surface area contributed by atoms with Crippen molar-refractivity contribution in [2.24, 2.45) is 0 Å². The molecule has 0 saturated heterocycles. The minimum atomic E-state index is -1.94. The summed E-state index contributed by atoms with van der Waals surface area (Å²) in [6.07, 6.45) is 3.74. The number of rotatable bonds is 7. The van der Waals surface area contributed by atoms with Gasteiger partial charge in [-0.1, -0.05) is 26.2 Å². The summed E-state index contributed by atoms with van der Waals surface area (Å²) < 4.78 is 0. The monoisotopic (exact) mass is 190 g/mol. The normalized spacial score (nSPS) is 15.3. The summed E-state index contributed by atoms with van der Waals surface area (Å²) in [5, 5.41) is 26.6. The first-order valence-corrected chi connectivity index (χ1v) is 4.63. The number of aliphatic hydroxyl groups is 2. The van der Waals surface area contributed by atoms with Crippen molar-refractivity contribution >= 4 is 5.97 Å². The molecule has 4 nitrogen and oxygen atoms in total. The first kappa shape index (κ1) is 12.4. The van der Waals surface area contributed by atoms with Crippen molar-refractivity contribution in [1.29, 1.82) is 0 Å². The summed E-state index contributed by atoms with van der Waals surface area (Å²) in [5.41, 5.74) is -1.94. The molecule has 0 aromatic carbocycles. The quantitative estimate of drug-likeness (QED) is 0.518. The largest absolute Gasteiger partial charge is 0.479 e. The Labute approximate surface area is 78.2 Å². The molecule has 0 saturated carbocycles. The van der Waals surface area contributed by atoms with Crippen molar-refractivity contribution < 1.29 is 20.1 Å². The third-order valence-electron chi connectivity index (χ3n) is 2.10. The lowest BCUT2D eigenvalue weighted by molar-refractivity contribution is -0.163. The van der Waals surface area contributed by atoms with E-state index in [1.54, 1.807) is 0 Å². The Bertz CT molecular complexity index is 158. The molecule has 0 spiro atoms. The Morgan fingerprint density at radius 1 is 1.31 bits per heavy atom. The van der Waals surface area contributed by atoms with Gasteiger partial charge >= 0.3 is 5.97 Å². The Hall–Kier alpha value is -0.610. The van der Waals surface area contributed by atoms with Crippen LogP contribution in [0.25, 0.3) is 0 Å². The second-order valence-electron chi connectivity index (χ2n) is 3.31. The molecule has 0 aromatic rings. The van der Waals surface area contributed by atoms with E-state index in [0.29, 0.717) is 6.42 Å². The number of carbonyl (C=O) groups is 1. The molecule has 0 aliphatic heterocycles. The topological polar surface area (TPSA) is 77.8 Å². The molecule has 0 amide bonds. The van der Waals surface area contributed by atoms with Crippen LogP contribution in [0.2, 0.25) is 0 Å². The second kappa shape index (κ2) is 5.94. The van der Waals surface area contributed by atoms with Crippen LogP contribution in [0.3, 0.4) is 0 Å². The van der Waals surface area contributed by atoms with E-state index in [1.807, 2.05) is 0 Å². The number of carboxylic acids is 1. The highest BCUT2D eigenvalue weighted by Crippen LogP contribution is 2.15. The lowest BCUT2D eigenvalue weighted by atomic mass is 9.97. The van der Waals surface area contributed by atoms with Gasteiger partial charge in [0.25, 0.3) is 0 Å². The summed E-state index contributed by atoms with van der Waals surface area (Å²) in [4.78, 5) is 10.5. The highest BCUT2D eigenvalue weighted by molar-refractivity contribution is 5.77.